The van der Waals surface area contributed by atoms with Crippen molar-refractivity contribution in [3.8, 4) is 5.88 Å². The number of anilines is 1. The number of nitrogens with zero attached hydrogens (tertiary/aromatic N) is 2. The van der Waals surface area contributed by atoms with Gasteiger partial charge in [0.25, 0.3) is 0 Å². The standard InChI is InChI=1S/C13H15N3O/c1-10-7-12(4-6-14-10)16-9-11-3-5-15-13(8-11)17-2/h3-8H,9H2,1-2H3,(H,14,16). The first-order valence-corrected chi connectivity index (χ1v) is 5.43. The van der Waals surface area contributed by atoms with Gasteiger partial charge >= 0.3 is 0 Å². The lowest BCUT2D eigenvalue weighted by atomic mass is 10.2. The Balaban J connectivity index is 2.02. The molecular formula is C13H15N3O. The molecule has 88 valence electrons. The number of rotatable bonds is 4. The molecule has 0 unspecified atom stereocenters. The highest BCUT2D eigenvalue weighted by Crippen LogP contribution is 2.12. The van der Waals surface area contributed by atoms with Crippen molar-refractivity contribution in [3.05, 3.63) is 47.9 Å². The van der Waals surface area contributed by atoms with E-state index in [0.717, 1.165) is 23.5 Å². The minimum atomic E-state index is 0.634. The van der Waals surface area contributed by atoms with Gasteiger partial charge in [-0.05, 0) is 30.7 Å². The number of hydrogen-bond acceptors (Lipinski definition) is 4. The highest BCUT2D eigenvalue weighted by atomic mass is 16.5. The van der Waals surface area contributed by atoms with E-state index >= 15 is 0 Å². The summed E-state index contributed by atoms with van der Waals surface area (Å²) in [5.41, 5.74) is 3.20. The fraction of sp³-hybridized carbons (Fsp3) is 0.231. The summed E-state index contributed by atoms with van der Waals surface area (Å²) in [5, 5.41) is 3.33. The largest absolute Gasteiger partial charge is 0.481 e. The third kappa shape index (κ3) is 3.17. The van der Waals surface area contributed by atoms with E-state index in [4.69, 9.17) is 4.74 Å². The molecule has 0 spiro atoms. The predicted octanol–water partition coefficient (Wildman–Crippen LogP) is 2.41. The second-order valence-electron chi connectivity index (χ2n) is 3.75. The molecule has 0 aliphatic heterocycles. The normalized spacial score (nSPS) is 10.0. The van der Waals surface area contributed by atoms with Crippen LogP contribution in [0.2, 0.25) is 0 Å². The van der Waals surface area contributed by atoms with Crippen LogP contribution in [0.4, 0.5) is 5.69 Å². The molecule has 17 heavy (non-hydrogen) atoms. The minimum absolute atomic E-state index is 0.634. The number of aromatic nitrogens is 2. The Morgan fingerprint density at radius 3 is 2.76 bits per heavy atom. The molecule has 0 atom stereocenters. The van der Waals surface area contributed by atoms with Crippen LogP contribution in [-0.2, 0) is 6.54 Å². The van der Waals surface area contributed by atoms with Crippen molar-refractivity contribution in [3.63, 3.8) is 0 Å². The van der Waals surface area contributed by atoms with Gasteiger partial charge in [0.15, 0.2) is 0 Å². The highest BCUT2D eigenvalue weighted by molar-refractivity contribution is 5.43. The van der Waals surface area contributed by atoms with Crippen molar-refractivity contribution in [2.24, 2.45) is 0 Å². The van der Waals surface area contributed by atoms with E-state index in [-0.39, 0.29) is 0 Å². The monoisotopic (exact) mass is 229 g/mol. The molecule has 2 rings (SSSR count). The Bertz CT molecular complexity index is 500. The summed E-state index contributed by atoms with van der Waals surface area (Å²) in [6, 6.07) is 7.84. The molecule has 4 heteroatoms. The topological polar surface area (TPSA) is 47.0 Å². The first kappa shape index (κ1) is 11.4. The molecule has 4 nitrogen and oxygen atoms in total. The van der Waals surface area contributed by atoms with E-state index in [9.17, 15) is 0 Å². The summed E-state index contributed by atoms with van der Waals surface area (Å²) < 4.78 is 5.08. The molecule has 0 aromatic carbocycles. The van der Waals surface area contributed by atoms with Crippen molar-refractivity contribution in [1.82, 2.24) is 9.97 Å². The maximum Gasteiger partial charge on any atom is 0.213 e. The van der Waals surface area contributed by atoms with E-state index in [0.29, 0.717) is 5.88 Å². The lowest BCUT2D eigenvalue weighted by molar-refractivity contribution is 0.397. The maximum atomic E-state index is 5.08. The predicted molar refractivity (Wildman–Crippen MR) is 67.1 cm³/mol. The van der Waals surface area contributed by atoms with Gasteiger partial charge in [0, 0.05) is 36.4 Å². The fourth-order valence-electron chi connectivity index (χ4n) is 1.53. The molecule has 2 aromatic heterocycles. The van der Waals surface area contributed by atoms with Crippen molar-refractivity contribution in [2.75, 3.05) is 12.4 Å². The van der Waals surface area contributed by atoms with E-state index in [2.05, 4.69) is 15.3 Å². The second-order valence-corrected chi connectivity index (χ2v) is 3.75. The van der Waals surface area contributed by atoms with Gasteiger partial charge in [-0.1, -0.05) is 0 Å². The molecule has 2 aromatic rings. The molecule has 0 aliphatic carbocycles. The van der Waals surface area contributed by atoms with Crippen molar-refractivity contribution in [2.45, 2.75) is 13.5 Å². The zero-order valence-electron chi connectivity index (χ0n) is 9.97. The van der Waals surface area contributed by atoms with Crippen LogP contribution in [0.1, 0.15) is 11.3 Å². The van der Waals surface area contributed by atoms with E-state index < -0.39 is 0 Å². The smallest absolute Gasteiger partial charge is 0.213 e. The number of nitrogens with one attached hydrogen (secondary N) is 1. The summed E-state index contributed by atoms with van der Waals surface area (Å²) >= 11 is 0. The molecule has 0 aliphatic rings. The van der Waals surface area contributed by atoms with Gasteiger partial charge in [0.1, 0.15) is 0 Å². The summed E-state index contributed by atoms with van der Waals surface area (Å²) in [6.07, 6.45) is 3.54. The van der Waals surface area contributed by atoms with Gasteiger partial charge in [-0.2, -0.15) is 0 Å². The summed E-state index contributed by atoms with van der Waals surface area (Å²) in [6.45, 7) is 2.71. The van der Waals surface area contributed by atoms with Crippen LogP contribution in [0.5, 0.6) is 5.88 Å². The average molecular weight is 229 g/mol. The Morgan fingerprint density at radius 2 is 2.00 bits per heavy atom. The zero-order chi connectivity index (χ0) is 12.1. The van der Waals surface area contributed by atoms with E-state index in [1.54, 1.807) is 19.5 Å². The summed E-state index contributed by atoms with van der Waals surface area (Å²) in [4.78, 5) is 8.22. The van der Waals surface area contributed by atoms with Crippen LogP contribution in [0.25, 0.3) is 0 Å². The number of hydrogen-bond donors (Lipinski definition) is 1. The quantitative estimate of drug-likeness (QED) is 0.874. The third-order valence-corrected chi connectivity index (χ3v) is 2.40. The van der Waals surface area contributed by atoms with Gasteiger partial charge in [-0.15, -0.1) is 0 Å². The molecule has 0 radical (unpaired) electrons. The van der Waals surface area contributed by atoms with Crippen LogP contribution >= 0.6 is 0 Å². The minimum Gasteiger partial charge on any atom is -0.481 e. The van der Waals surface area contributed by atoms with E-state index in [1.165, 1.54) is 0 Å². The molecule has 0 amide bonds. The third-order valence-electron chi connectivity index (χ3n) is 2.40. The van der Waals surface area contributed by atoms with Gasteiger partial charge in [0.2, 0.25) is 5.88 Å². The average Bonchev–Trinajstić information content (AvgIpc) is 2.37. The Labute approximate surface area is 101 Å². The molecule has 0 bridgehead atoms. The molecule has 0 fully saturated rings. The van der Waals surface area contributed by atoms with Crippen LogP contribution in [-0.4, -0.2) is 17.1 Å². The van der Waals surface area contributed by atoms with Gasteiger partial charge in [-0.3, -0.25) is 4.98 Å². The lowest BCUT2D eigenvalue weighted by Crippen LogP contribution is -2.00. The summed E-state index contributed by atoms with van der Waals surface area (Å²) in [5.74, 6) is 0.634. The van der Waals surface area contributed by atoms with Gasteiger partial charge in [0.05, 0.1) is 7.11 Å². The van der Waals surface area contributed by atoms with Crippen LogP contribution in [0, 0.1) is 6.92 Å². The number of aryl methyl sites for hydroxylation is 1. The van der Waals surface area contributed by atoms with E-state index in [1.807, 2.05) is 31.2 Å². The maximum absolute atomic E-state index is 5.08. The Kier molecular flexibility index (Phi) is 3.55. The van der Waals surface area contributed by atoms with Crippen LogP contribution in [0.15, 0.2) is 36.7 Å². The first-order valence-electron chi connectivity index (χ1n) is 5.43. The van der Waals surface area contributed by atoms with Crippen LogP contribution in [0.3, 0.4) is 0 Å². The first-order chi connectivity index (χ1) is 8.28. The molecule has 2 heterocycles. The SMILES string of the molecule is COc1cc(CNc2ccnc(C)c2)ccn1. The number of ether oxygens (including phenoxy) is 1. The lowest BCUT2D eigenvalue weighted by Gasteiger charge is -2.07. The molecule has 0 saturated heterocycles. The molecule has 0 saturated carbocycles. The fourth-order valence-corrected chi connectivity index (χ4v) is 1.53. The van der Waals surface area contributed by atoms with Crippen molar-refractivity contribution in [1.29, 1.82) is 0 Å². The number of pyridine rings is 2. The Morgan fingerprint density at radius 1 is 1.18 bits per heavy atom. The molecular weight excluding hydrogens is 214 g/mol. The van der Waals surface area contributed by atoms with Crippen LogP contribution < -0.4 is 10.1 Å². The van der Waals surface area contributed by atoms with Gasteiger partial charge < -0.3 is 10.1 Å². The van der Waals surface area contributed by atoms with Crippen molar-refractivity contribution < 1.29 is 4.74 Å². The highest BCUT2D eigenvalue weighted by Gasteiger charge is 1.97. The molecule has 1 N–H and O–H groups in total. The Hall–Kier alpha value is -2.10. The summed E-state index contributed by atoms with van der Waals surface area (Å²) in [7, 11) is 1.62. The van der Waals surface area contributed by atoms with Crippen molar-refractivity contribution >= 4 is 5.69 Å². The number of methoxy groups -OCH3 is 1. The second kappa shape index (κ2) is 5.30. The zero-order valence-corrected chi connectivity index (χ0v) is 9.97. The van der Waals surface area contributed by atoms with Gasteiger partial charge in [-0.25, -0.2) is 4.98 Å².